The normalized spacial score (nSPS) is 12.3. The highest BCUT2D eigenvalue weighted by molar-refractivity contribution is 5.81. The summed E-state index contributed by atoms with van der Waals surface area (Å²) in [7, 11) is 0. The number of nitrogens with two attached hydrogens (primary N) is 1. The van der Waals surface area contributed by atoms with Gasteiger partial charge in [0.25, 0.3) is 0 Å². The minimum Gasteiger partial charge on any atom is -0.458 e. The van der Waals surface area contributed by atoms with Crippen LogP contribution in [0.15, 0.2) is 30.3 Å². The molecule has 6 nitrogen and oxygen atoms in total. The van der Waals surface area contributed by atoms with Crippen molar-refractivity contribution in [3.63, 3.8) is 0 Å². The van der Waals surface area contributed by atoms with Crippen molar-refractivity contribution in [1.29, 1.82) is 0 Å². The number of nitrogens with one attached hydrogen (secondary N) is 1. The van der Waals surface area contributed by atoms with E-state index in [1.165, 1.54) is 0 Å². The lowest BCUT2D eigenvalue weighted by Gasteiger charge is -2.24. The first-order chi connectivity index (χ1) is 10.8. The predicted molar refractivity (Wildman–Crippen MR) is 87.7 cm³/mol. The predicted octanol–water partition coefficient (Wildman–Crippen LogP) is 2.36. The molecule has 0 heterocycles. The fraction of sp³-hybridized carbons (Fsp3) is 0.529. The van der Waals surface area contributed by atoms with Crippen LogP contribution in [0, 0.1) is 0 Å². The number of ether oxygens (including phenoxy) is 2. The zero-order chi connectivity index (χ0) is 17.3. The van der Waals surface area contributed by atoms with E-state index in [1.54, 1.807) is 20.8 Å². The smallest absolute Gasteiger partial charge is 0.408 e. The Hall–Kier alpha value is -2.08. The minimum atomic E-state index is -0.763. The van der Waals surface area contributed by atoms with E-state index in [2.05, 4.69) is 5.32 Å². The number of rotatable bonds is 7. The molecule has 1 aromatic rings. The first kappa shape index (κ1) is 19.0. The van der Waals surface area contributed by atoms with Gasteiger partial charge in [-0.3, -0.25) is 0 Å². The highest BCUT2D eigenvalue weighted by Crippen LogP contribution is 2.11. The molecule has 1 rings (SSSR count). The number of carbonyl (C=O) groups is 2. The van der Waals surface area contributed by atoms with Crippen molar-refractivity contribution in [2.24, 2.45) is 5.73 Å². The van der Waals surface area contributed by atoms with Crippen LogP contribution in [-0.4, -0.2) is 30.3 Å². The van der Waals surface area contributed by atoms with Crippen molar-refractivity contribution < 1.29 is 19.1 Å². The molecule has 128 valence electrons. The van der Waals surface area contributed by atoms with Gasteiger partial charge in [0.05, 0.1) is 0 Å². The maximum absolute atomic E-state index is 12.1. The molecule has 1 atom stereocenters. The molecule has 0 aliphatic carbocycles. The van der Waals surface area contributed by atoms with E-state index in [0.29, 0.717) is 19.4 Å². The second-order valence-corrected chi connectivity index (χ2v) is 6.22. The van der Waals surface area contributed by atoms with Crippen LogP contribution in [0.4, 0.5) is 4.79 Å². The third kappa shape index (κ3) is 8.21. The molecule has 1 amide bonds. The van der Waals surface area contributed by atoms with Gasteiger partial charge in [-0.05, 0) is 45.7 Å². The Morgan fingerprint density at radius 2 is 1.87 bits per heavy atom. The molecule has 0 radical (unpaired) electrons. The monoisotopic (exact) mass is 322 g/mol. The fourth-order valence-electron chi connectivity index (χ4n) is 1.85. The highest BCUT2D eigenvalue weighted by atomic mass is 16.6. The lowest BCUT2D eigenvalue weighted by atomic mass is 10.1. The molecule has 1 unspecified atom stereocenters. The summed E-state index contributed by atoms with van der Waals surface area (Å²) in [4.78, 5) is 24.0. The van der Waals surface area contributed by atoms with E-state index in [0.717, 1.165) is 5.56 Å². The minimum absolute atomic E-state index is 0.143. The van der Waals surface area contributed by atoms with Gasteiger partial charge in [0.1, 0.15) is 18.2 Å². The van der Waals surface area contributed by atoms with Crippen LogP contribution < -0.4 is 11.1 Å². The number of alkyl carbamates (subject to hydrolysis) is 1. The van der Waals surface area contributed by atoms with Crippen molar-refractivity contribution in [3.8, 4) is 0 Å². The van der Waals surface area contributed by atoms with Gasteiger partial charge in [0, 0.05) is 0 Å². The second-order valence-electron chi connectivity index (χ2n) is 6.22. The number of carbonyl (C=O) groups excluding carboxylic acids is 2. The molecular weight excluding hydrogens is 296 g/mol. The average molecular weight is 322 g/mol. The van der Waals surface area contributed by atoms with Crippen LogP contribution in [0.5, 0.6) is 0 Å². The second kappa shape index (κ2) is 9.15. The largest absolute Gasteiger partial charge is 0.458 e. The number of hydrogen-bond acceptors (Lipinski definition) is 5. The van der Waals surface area contributed by atoms with Gasteiger partial charge in [0.2, 0.25) is 0 Å². The van der Waals surface area contributed by atoms with Crippen LogP contribution in [0.3, 0.4) is 0 Å². The number of hydrogen-bond donors (Lipinski definition) is 2. The quantitative estimate of drug-likeness (QED) is 0.752. The molecule has 1 aromatic carbocycles. The summed E-state index contributed by atoms with van der Waals surface area (Å²) in [5.41, 5.74) is 5.73. The van der Waals surface area contributed by atoms with Gasteiger partial charge in [-0.25, -0.2) is 9.59 Å². The molecule has 0 saturated carbocycles. The lowest BCUT2D eigenvalue weighted by molar-refractivity contribution is -0.157. The van der Waals surface area contributed by atoms with Crippen LogP contribution >= 0.6 is 0 Å². The van der Waals surface area contributed by atoms with Gasteiger partial charge >= 0.3 is 12.1 Å². The van der Waals surface area contributed by atoms with Crippen molar-refractivity contribution >= 4 is 12.1 Å². The summed E-state index contributed by atoms with van der Waals surface area (Å²) in [6, 6.07) is 8.55. The fourth-order valence-corrected chi connectivity index (χ4v) is 1.85. The van der Waals surface area contributed by atoms with Crippen molar-refractivity contribution in [2.75, 3.05) is 6.54 Å². The summed E-state index contributed by atoms with van der Waals surface area (Å²) in [5.74, 6) is -0.484. The Bertz CT molecular complexity index is 497. The molecule has 0 spiro atoms. The van der Waals surface area contributed by atoms with Crippen LogP contribution in [-0.2, 0) is 20.9 Å². The lowest BCUT2D eigenvalue weighted by Crippen LogP contribution is -2.44. The number of benzene rings is 1. The summed E-state index contributed by atoms with van der Waals surface area (Å²) >= 11 is 0. The van der Waals surface area contributed by atoms with Crippen molar-refractivity contribution in [1.82, 2.24) is 5.32 Å². The highest BCUT2D eigenvalue weighted by Gasteiger charge is 2.26. The van der Waals surface area contributed by atoms with E-state index in [4.69, 9.17) is 15.2 Å². The third-order valence-corrected chi connectivity index (χ3v) is 2.89. The van der Waals surface area contributed by atoms with Crippen LogP contribution in [0.2, 0.25) is 0 Å². The van der Waals surface area contributed by atoms with Gasteiger partial charge in [0.15, 0.2) is 0 Å². The number of esters is 1. The molecule has 0 aliphatic rings. The summed E-state index contributed by atoms with van der Waals surface area (Å²) in [6.07, 6.45) is 0.357. The van der Waals surface area contributed by atoms with E-state index < -0.39 is 23.7 Å². The first-order valence-electron chi connectivity index (χ1n) is 7.72. The summed E-state index contributed by atoms with van der Waals surface area (Å²) in [6.45, 7) is 5.90. The van der Waals surface area contributed by atoms with E-state index >= 15 is 0 Å². The Balaban J connectivity index is 2.54. The Labute approximate surface area is 137 Å². The van der Waals surface area contributed by atoms with E-state index in [-0.39, 0.29) is 6.61 Å². The zero-order valence-corrected chi connectivity index (χ0v) is 14.0. The van der Waals surface area contributed by atoms with Crippen molar-refractivity contribution in [2.45, 2.75) is 51.9 Å². The SMILES string of the molecule is CC(C)(C)OC(=O)C(CCCN)NC(=O)OCc1ccccc1. The molecular formula is C17H26N2O4. The molecule has 0 bridgehead atoms. The molecule has 3 N–H and O–H groups in total. The molecule has 0 aliphatic heterocycles. The molecule has 23 heavy (non-hydrogen) atoms. The van der Waals surface area contributed by atoms with Gasteiger partial charge in [-0.2, -0.15) is 0 Å². The molecule has 0 aromatic heterocycles. The van der Waals surface area contributed by atoms with Gasteiger partial charge < -0.3 is 20.5 Å². The molecule has 0 fully saturated rings. The Kier molecular flexibility index (Phi) is 7.54. The standard InChI is InChI=1S/C17H26N2O4/c1-17(2,3)23-15(20)14(10-7-11-18)19-16(21)22-12-13-8-5-4-6-9-13/h4-6,8-9,14H,7,10-12,18H2,1-3H3,(H,19,21). The number of amides is 1. The van der Waals surface area contributed by atoms with Crippen LogP contribution in [0.1, 0.15) is 39.2 Å². The summed E-state index contributed by atoms with van der Waals surface area (Å²) < 4.78 is 10.4. The molecule has 0 saturated heterocycles. The van der Waals surface area contributed by atoms with Gasteiger partial charge in [-0.15, -0.1) is 0 Å². The Morgan fingerprint density at radius 3 is 2.43 bits per heavy atom. The van der Waals surface area contributed by atoms with Crippen LogP contribution in [0.25, 0.3) is 0 Å². The average Bonchev–Trinajstić information content (AvgIpc) is 2.48. The topological polar surface area (TPSA) is 90.6 Å². The van der Waals surface area contributed by atoms with Crippen molar-refractivity contribution in [3.05, 3.63) is 35.9 Å². The third-order valence-electron chi connectivity index (χ3n) is 2.89. The zero-order valence-electron chi connectivity index (χ0n) is 14.0. The van der Waals surface area contributed by atoms with Gasteiger partial charge in [-0.1, -0.05) is 30.3 Å². The maximum Gasteiger partial charge on any atom is 0.408 e. The maximum atomic E-state index is 12.1. The first-order valence-corrected chi connectivity index (χ1v) is 7.72. The Morgan fingerprint density at radius 1 is 1.22 bits per heavy atom. The van der Waals surface area contributed by atoms with E-state index in [1.807, 2.05) is 30.3 Å². The van der Waals surface area contributed by atoms with E-state index in [9.17, 15) is 9.59 Å². The molecule has 6 heteroatoms. The summed E-state index contributed by atoms with van der Waals surface area (Å²) in [5, 5.41) is 2.55.